The van der Waals surface area contributed by atoms with Crippen LogP contribution in [-0.2, 0) is 14.4 Å². The first-order valence-corrected chi connectivity index (χ1v) is 6.93. The van der Waals surface area contributed by atoms with Crippen molar-refractivity contribution >= 4 is 17.7 Å². The van der Waals surface area contributed by atoms with E-state index in [1.165, 1.54) is 0 Å². The topological polar surface area (TPSA) is 101 Å². The van der Waals surface area contributed by atoms with Crippen molar-refractivity contribution in [3.05, 3.63) is 0 Å². The number of carbonyl (C=O) groups excluding carboxylic acids is 3. The van der Waals surface area contributed by atoms with Crippen LogP contribution in [-0.4, -0.2) is 29.8 Å². The molecule has 6 heteroatoms. The highest BCUT2D eigenvalue weighted by Crippen LogP contribution is 2.25. The molecule has 4 N–H and O–H groups in total. The number of hydrogen-bond acceptors (Lipinski definition) is 4. The number of piperidine rings is 1. The number of carbonyl (C=O) groups is 3. The molecule has 1 aliphatic heterocycles. The molecule has 0 aromatic heterocycles. The number of rotatable bonds is 3. The minimum Gasteiger partial charge on any atom is -0.344 e. The molecular weight excluding hydrogens is 246 g/mol. The summed E-state index contributed by atoms with van der Waals surface area (Å²) in [6.07, 6.45) is 5.02. The monoisotopic (exact) mass is 267 g/mol. The van der Waals surface area contributed by atoms with E-state index < -0.39 is 11.9 Å². The highest BCUT2D eigenvalue weighted by atomic mass is 16.2. The SMILES string of the molecule is NC1CCC(CC(=O)NC2CCC(=O)NC2=O)CC1. The maximum absolute atomic E-state index is 11.9. The van der Waals surface area contributed by atoms with Gasteiger partial charge in [0.2, 0.25) is 17.7 Å². The first kappa shape index (κ1) is 14.0. The zero-order chi connectivity index (χ0) is 13.8. The fourth-order valence-corrected chi connectivity index (χ4v) is 2.74. The Morgan fingerprint density at radius 1 is 1.21 bits per heavy atom. The summed E-state index contributed by atoms with van der Waals surface area (Å²) in [7, 11) is 0. The smallest absolute Gasteiger partial charge is 0.249 e. The molecule has 1 atom stereocenters. The van der Waals surface area contributed by atoms with E-state index in [1.54, 1.807) is 0 Å². The molecule has 19 heavy (non-hydrogen) atoms. The zero-order valence-electron chi connectivity index (χ0n) is 11.0. The molecule has 1 saturated carbocycles. The summed E-state index contributed by atoms with van der Waals surface area (Å²) in [4.78, 5) is 34.4. The molecule has 2 fully saturated rings. The van der Waals surface area contributed by atoms with E-state index in [0.717, 1.165) is 25.7 Å². The third kappa shape index (κ3) is 4.02. The minimum atomic E-state index is -0.559. The average Bonchev–Trinajstić information content (AvgIpc) is 2.36. The fraction of sp³-hybridized carbons (Fsp3) is 0.769. The molecule has 0 spiro atoms. The molecule has 1 saturated heterocycles. The van der Waals surface area contributed by atoms with Gasteiger partial charge in [0.1, 0.15) is 6.04 Å². The summed E-state index contributed by atoms with van der Waals surface area (Å²) in [5.41, 5.74) is 5.82. The largest absolute Gasteiger partial charge is 0.344 e. The maximum Gasteiger partial charge on any atom is 0.249 e. The summed E-state index contributed by atoms with van der Waals surface area (Å²) in [5.74, 6) is -0.393. The van der Waals surface area contributed by atoms with Gasteiger partial charge in [0, 0.05) is 18.9 Å². The first-order valence-electron chi connectivity index (χ1n) is 6.93. The standard InChI is InChI=1S/C13H21N3O3/c14-9-3-1-8(2-4-9)7-12(18)15-10-5-6-11(17)16-13(10)19/h8-10H,1-7,14H2,(H,15,18)(H,16,17,19). The van der Waals surface area contributed by atoms with Gasteiger partial charge in [-0.3, -0.25) is 19.7 Å². The van der Waals surface area contributed by atoms with Crippen LogP contribution in [0, 0.1) is 5.92 Å². The Kier molecular flexibility index (Phi) is 4.52. The van der Waals surface area contributed by atoms with Crippen LogP contribution in [0.25, 0.3) is 0 Å². The predicted octanol–water partition coefficient (Wildman–Crippen LogP) is -0.185. The van der Waals surface area contributed by atoms with Gasteiger partial charge in [-0.1, -0.05) is 0 Å². The Morgan fingerprint density at radius 3 is 2.53 bits per heavy atom. The van der Waals surface area contributed by atoms with Crippen LogP contribution in [0.1, 0.15) is 44.9 Å². The van der Waals surface area contributed by atoms with Gasteiger partial charge in [0.15, 0.2) is 0 Å². The van der Waals surface area contributed by atoms with E-state index in [2.05, 4.69) is 10.6 Å². The lowest BCUT2D eigenvalue weighted by Gasteiger charge is -2.27. The summed E-state index contributed by atoms with van der Waals surface area (Å²) in [6, 6.07) is -0.287. The van der Waals surface area contributed by atoms with Gasteiger partial charge in [-0.2, -0.15) is 0 Å². The number of nitrogens with two attached hydrogens (primary N) is 1. The number of nitrogens with one attached hydrogen (secondary N) is 2. The van der Waals surface area contributed by atoms with Crippen molar-refractivity contribution in [2.45, 2.75) is 57.0 Å². The molecule has 1 heterocycles. The Hall–Kier alpha value is -1.43. The Labute approximate surface area is 112 Å². The maximum atomic E-state index is 11.9. The average molecular weight is 267 g/mol. The molecule has 1 unspecified atom stereocenters. The van der Waals surface area contributed by atoms with Gasteiger partial charge in [0.25, 0.3) is 0 Å². The van der Waals surface area contributed by atoms with Crippen LogP contribution in [0.15, 0.2) is 0 Å². The Bertz CT molecular complexity index is 375. The second kappa shape index (κ2) is 6.14. The second-order valence-corrected chi connectivity index (χ2v) is 5.56. The molecule has 0 aromatic rings. The lowest BCUT2D eigenvalue weighted by Crippen LogP contribution is -2.52. The molecular formula is C13H21N3O3. The fourth-order valence-electron chi connectivity index (χ4n) is 2.74. The quantitative estimate of drug-likeness (QED) is 0.617. The Morgan fingerprint density at radius 2 is 1.89 bits per heavy atom. The molecule has 6 nitrogen and oxygen atoms in total. The summed E-state index contributed by atoms with van der Waals surface area (Å²) in [5, 5.41) is 4.95. The minimum absolute atomic E-state index is 0.102. The van der Waals surface area contributed by atoms with Gasteiger partial charge in [-0.05, 0) is 38.0 Å². The Balaban J connectivity index is 1.75. The van der Waals surface area contributed by atoms with E-state index in [0.29, 0.717) is 18.8 Å². The van der Waals surface area contributed by atoms with Crippen molar-refractivity contribution in [2.75, 3.05) is 0 Å². The van der Waals surface area contributed by atoms with Crippen LogP contribution in [0.5, 0.6) is 0 Å². The van der Waals surface area contributed by atoms with E-state index in [4.69, 9.17) is 5.73 Å². The van der Waals surface area contributed by atoms with Crippen molar-refractivity contribution in [3.63, 3.8) is 0 Å². The van der Waals surface area contributed by atoms with Crippen molar-refractivity contribution in [2.24, 2.45) is 11.7 Å². The van der Waals surface area contributed by atoms with E-state index in [9.17, 15) is 14.4 Å². The number of imide groups is 1. The van der Waals surface area contributed by atoms with E-state index in [-0.39, 0.29) is 24.3 Å². The third-order valence-corrected chi connectivity index (χ3v) is 3.94. The van der Waals surface area contributed by atoms with Crippen LogP contribution >= 0.6 is 0 Å². The van der Waals surface area contributed by atoms with Gasteiger partial charge in [-0.15, -0.1) is 0 Å². The summed E-state index contributed by atoms with van der Waals surface area (Å²) >= 11 is 0. The molecule has 0 aromatic carbocycles. The zero-order valence-corrected chi connectivity index (χ0v) is 11.0. The highest BCUT2D eigenvalue weighted by Gasteiger charge is 2.29. The van der Waals surface area contributed by atoms with Crippen molar-refractivity contribution in [1.82, 2.24) is 10.6 Å². The lowest BCUT2D eigenvalue weighted by atomic mass is 9.84. The van der Waals surface area contributed by atoms with Gasteiger partial charge < -0.3 is 11.1 Å². The van der Waals surface area contributed by atoms with Crippen LogP contribution in [0.4, 0.5) is 0 Å². The molecule has 0 bridgehead atoms. The lowest BCUT2D eigenvalue weighted by molar-refractivity contribution is -0.137. The first-order chi connectivity index (χ1) is 9.04. The van der Waals surface area contributed by atoms with Crippen LogP contribution in [0.3, 0.4) is 0 Å². The number of amides is 3. The van der Waals surface area contributed by atoms with Gasteiger partial charge in [-0.25, -0.2) is 0 Å². The van der Waals surface area contributed by atoms with E-state index in [1.807, 2.05) is 0 Å². The third-order valence-electron chi connectivity index (χ3n) is 3.94. The summed E-state index contributed by atoms with van der Waals surface area (Å²) < 4.78 is 0. The molecule has 1 aliphatic carbocycles. The van der Waals surface area contributed by atoms with Crippen LogP contribution in [0.2, 0.25) is 0 Å². The van der Waals surface area contributed by atoms with Crippen molar-refractivity contribution in [1.29, 1.82) is 0 Å². The van der Waals surface area contributed by atoms with Gasteiger partial charge >= 0.3 is 0 Å². The second-order valence-electron chi connectivity index (χ2n) is 5.56. The molecule has 106 valence electrons. The van der Waals surface area contributed by atoms with E-state index >= 15 is 0 Å². The predicted molar refractivity (Wildman–Crippen MR) is 68.9 cm³/mol. The molecule has 3 amide bonds. The number of hydrogen-bond donors (Lipinski definition) is 3. The molecule has 0 radical (unpaired) electrons. The highest BCUT2D eigenvalue weighted by molar-refractivity contribution is 6.01. The van der Waals surface area contributed by atoms with Crippen LogP contribution < -0.4 is 16.4 Å². The summed E-state index contributed by atoms with van der Waals surface area (Å²) in [6.45, 7) is 0. The molecule has 2 rings (SSSR count). The normalized spacial score (nSPS) is 31.7. The van der Waals surface area contributed by atoms with Crippen molar-refractivity contribution in [3.8, 4) is 0 Å². The molecule has 2 aliphatic rings. The van der Waals surface area contributed by atoms with Gasteiger partial charge in [0.05, 0.1) is 0 Å². The van der Waals surface area contributed by atoms with Crippen molar-refractivity contribution < 1.29 is 14.4 Å².